The van der Waals surface area contributed by atoms with Gasteiger partial charge in [-0.25, -0.2) is 4.39 Å². The third-order valence-electron chi connectivity index (χ3n) is 2.67. The van der Waals surface area contributed by atoms with Crippen molar-refractivity contribution in [2.24, 2.45) is 0 Å². The minimum absolute atomic E-state index is 0.180. The first-order valence-corrected chi connectivity index (χ1v) is 5.22. The molecule has 2 rings (SSSR count). The second-order valence-electron chi connectivity index (χ2n) is 3.64. The first-order chi connectivity index (χ1) is 7.54. The average molecular weight is 240 g/mol. The zero-order valence-corrected chi connectivity index (χ0v) is 10.0. The van der Waals surface area contributed by atoms with Gasteiger partial charge in [-0.05, 0) is 25.5 Å². The van der Waals surface area contributed by atoms with Gasteiger partial charge in [0.25, 0.3) is 0 Å². The predicted octanol–water partition coefficient (Wildman–Crippen LogP) is 3.65. The highest BCUT2D eigenvalue weighted by molar-refractivity contribution is 6.36. The fraction of sp³-hybridized carbons (Fsp3) is 0.250. The number of halogens is 2. The molecule has 16 heavy (non-hydrogen) atoms. The largest absolute Gasteiger partial charge is 0.494 e. The monoisotopic (exact) mass is 239 g/mol. The third-order valence-corrected chi connectivity index (χ3v) is 3.15. The summed E-state index contributed by atoms with van der Waals surface area (Å²) in [5.74, 6) is -0.249. The molecule has 0 saturated carbocycles. The number of aryl methyl sites for hydroxylation is 1. The van der Waals surface area contributed by atoms with Gasteiger partial charge in [-0.1, -0.05) is 11.6 Å². The van der Waals surface area contributed by atoms with Crippen LogP contribution in [0, 0.1) is 19.7 Å². The van der Waals surface area contributed by atoms with E-state index in [4.69, 9.17) is 16.3 Å². The summed E-state index contributed by atoms with van der Waals surface area (Å²) < 4.78 is 18.4. The van der Waals surface area contributed by atoms with Gasteiger partial charge in [0.05, 0.1) is 17.6 Å². The molecule has 0 spiro atoms. The Balaban J connectivity index is 2.86. The van der Waals surface area contributed by atoms with E-state index < -0.39 is 5.82 Å². The predicted molar refractivity (Wildman–Crippen MR) is 62.7 cm³/mol. The molecule has 0 N–H and O–H groups in total. The van der Waals surface area contributed by atoms with Gasteiger partial charge in [-0.15, -0.1) is 0 Å². The lowest BCUT2D eigenvalue weighted by Crippen LogP contribution is -1.94. The third kappa shape index (κ3) is 1.61. The van der Waals surface area contributed by atoms with E-state index in [1.807, 2.05) is 13.8 Å². The molecular formula is C12H11ClFNO. The lowest BCUT2D eigenvalue weighted by Gasteiger charge is -2.09. The number of nitrogens with zero attached hydrogens (tertiary/aromatic N) is 1. The molecule has 0 aliphatic carbocycles. The summed E-state index contributed by atoms with van der Waals surface area (Å²) in [6.45, 7) is 3.74. The molecule has 1 aromatic heterocycles. The van der Waals surface area contributed by atoms with E-state index >= 15 is 0 Å². The Morgan fingerprint density at radius 1 is 1.31 bits per heavy atom. The average Bonchev–Trinajstić information content (AvgIpc) is 2.26. The molecule has 0 bridgehead atoms. The van der Waals surface area contributed by atoms with Crippen LogP contribution in [0.1, 0.15) is 11.3 Å². The lowest BCUT2D eigenvalue weighted by molar-refractivity contribution is 0.387. The summed E-state index contributed by atoms with van der Waals surface area (Å²) in [5.41, 5.74) is 2.26. The molecule has 0 aliphatic rings. The normalized spacial score (nSPS) is 10.8. The smallest absolute Gasteiger partial charge is 0.167 e. The highest BCUT2D eigenvalue weighted by Crippen LogP contribution is 2.31. The van der Waals surface area contributed by atoms with Crippen molar-refractivity contribution in [3.05, 3.63) is 34.2 Å². The number of benzene rings is 1. The van der Waals surface area contributed by atoms with Crippen LogP contribution in [0.5, 0.6) is 5.75 Å². The van der Waals surface area contributed by atoms with Crippen molar-refractivity contribution in [2.45, 2.75) is 13.8 Å². The number of pyridine rings is 1. The van der Waals surface area contributed by atoms with Crippen LogP contribution in [0.15, 0.2) is 12.1 Å². The minimum Gasteiger partial charge on any atom is -0.494 e. The van der Waals surface area contributed by atoms with E-state index in [0.29, 0.717) is 15.9 Å². The van der Waals surface area contributed by atoms with Gasteiger partial charge in [-0.3, -0.25) is 4.98 Å². The fourth-order valence-electron chi connectivity index (χ4n) is 1.59. The maximum absolute atomic E-state index is 13.5. The highest BCUT2D eigenvalue weighted by Gasteiger charge is 2.11. The molecule has 1 heterocycles. The summed E-state index contributed by atoms with van der Waals surface area (Å²) in [5, 5.41) is 1.31. The second kappa shape index (κ2) is 3.91. The van der Waals surface area contributed by atoms with Crippen LogP contribution >= 0.6 is 11.6 Å². The molecule has 2 aromatic rings. The molecule has 0 fully saturated rings. The van der Waals surface area contributed by atoms with Crippen LogP contribution in [0.2, 0.25) is 5.02 Å². The molecule has 0 radical (unpaired) electrons. The first kappa shape index (κ1) is 11.1. The molecule has 2 nitrogen and oxygen atoms in total. The van der Waals surface area contributed by atoms with Crippen LogP contribution in [0.3, 0.4) is 0 Å². The number of ether oxygens (including phenoxy) is 1. The van der Waals surface area contributed by atoms with Crippen molar-refractivity contribution in [1.82, 2.24) is 4.98 Å². The van der Waals surface area contributed by atoms with Gasteiger partial charge in [-0.2, -0.15) is 0 Å². The minimum atomic E-state index is -0.429. The molecule has 4 heteroatoms. The molecule has 0 unspecified atom stereocenters. The van der Waals surface area contributed by atoms with Crippen molar-refractivity contribution in [3.8, 4) is 5.75 Å². The maximum Gasteiger partial charge on any atom is 0.167 e. The Morgan fingerprint density at radius 3 is 2.62 bits per heavy atom. The molecule has 1 aromatic carbocycles. The molecule has 0 atom stereocenters. The number of hydrogen-bond acceptors (Lipinski definition) is 2. The van der Waals surface area contributed by atoms with E-state index in [1.54, 1.807) is 6.07 Å². The van der Waals surface area contributed by atoms with E-state index in [1.165, 1.54) is 13.2 Å². The fourth-order valence-corrected chi connectivity index (χ4v) is 1.88. The first-order valence-electron chi connectivity index (χ1n) is 4.84. The summed E-state index contributed by atoms with van der Waals surface area (Å²) in [6, 6.07) is 2.92. The van der Waals surface area contributed by atoms with Crippen molar-refractivity contribution in [1.29, 1.82) is 0 Å². The number of methoxy groups -OCH3 is 1. The molecule has 84 valence electrons. The number of rotatable bonds is 1. The maximum atomic E-state index is 13.5. The molecule has 0 amide bonds. The Bertz CT molecular complexity index is 569. The van der Waals surface area contributed by atoms with Gasteiger partial charge in [0.15, 0.2) is 11.6 Å². The number of aromatic nitrogens is 1. The second-order valence-corrected chi connectivity index (χ2v) is 4.02. The van der Waals surface area contributed by atoms with E-state index in [2.05, 4.69) is 4.98 Å². The van der Waals surface area contributed by atoms with Crippen LogP contribution in [0.4, 0.5) is 4.39 Å². The van der Waals surface area contributed by atoms with Crippen LogP contribution in [0.25, 0.3) is 10.9 Å². The quantitative estimate of drug-likeness (QED) is 0.758. The topological polar surface area (TPSA) is 22.1 Å². The van der Waals surface area contributed by atoms with Crippen molar-refractivity contribution in [3.63, 3.8) is 0 Å². The van der Waals surface area contributed by atoms with E-state index in [-0.39, 0.29) is 5.75 Å². The van der Waals surface area contributed by atoms with Crippen molar-refractivity contribution < 1.29 is 9.13 Å². The Morgan fingerprint density at radius 2 is 2.00 bits per heavy atom. The van der Waals surface area contributed by atoms with E-state index in [9.17, 15) is 4.39 Å². The van der Waals surface area contributed by atoms with Crippen molar-refractivity contribution >= 4 is 22.5 Å². The van der Waals surface area contributed by atoms with Gasteiger partial charge >= 0.3 is 0 Å². The molecule has 0 aliphatic heterocycles. The van der Waals surface area contributed by atoms with Crippen LogP contribution in [-0.2, 0) is 0 Å². The zero-order valence-electron chi connectivity index (χ0n) is 9.27. The Hall–Kier alpha value is -1.35. The molecular weight excluding hydrogens is 229 g/mol. The standard InChI is InChI=1S/C12H11ClFNO/c1-6-7(2)15-10-5-9(14)11(16-3)4-8(10)12(6)13/h4-5H,1-3H3. The highest BCUT2D eigenvalue weighted by atomic mass is 35.5. The summed E-state index contributed by atoms with van der Waals surface area (Å²) in [6.07, 6.45) is 0. The van der Waals surface area contributed by atoms with Gasteiger partial charge in [0, 0.05) is 17.1 Å². The zero-order chi connectivity index (χ0) is 11.9. The van der Waals surface area contributed by atoms with Crippen LogP contribution in [-0.4, -0.2) is 12.1 Å². The van der Waals surface area contributed by atoms with Crippen LogP contribution < -0.4 is 4.74 Å². The number of fused-ring (bicyclic) bond motifs is 1. The van der Waals surface area contributed by atoms with Crippen molar-refractivity contribution in [2.75, 3.05) is 7.11 Å². The lowest BCUT2D eigenvalue weighted by atomic mass is 10.1. The Kier molecular flexibility index (Phi) is 2.72. The number of hydrogen-bond donors (Lipinski definition) is 0. The van der Waals surface area contributed by atoms with E-state index in [0.717, 1.165) is 11.3 Å². The molecule has 0 saturated heterocycles. The SMILES string of the molecule is COc1cc2c(Cl)c(C)c(C)nc2cc1F. The summed E-state index contributed by atoms with van der Waals surface area (Å²) in [4.78, 5) is 4.29. The van der Waals surface area contributed by atoms with Gasteiger partial charge < -0.3 is 4.74 Å². The Labute approximate surface area is 98.0 Å². The summed E-state index contributed by atoms with van der Waals surface area (Å²) >= 11 is 6.19. The van der Waals surface area contributed by atoms with Gasteiger partial charge in [0.2, 0.25) is 0 Å². The summed E-state index contributed by atoms with van der Waals surface area (Å²) in [7, 11) is 1.42. The van der Waals surface area contributed by atoms with Gasteiger partial charge in [0.1, 0.15) is 0 Å².